The molecule has 1 aromatic rings. The molecule has 0 saturated heterocycles. The van der Waals surface area contributed by atoms with E-state index >= 15 is 0 Å². The summed E-state index contributed by atoms with van der Waals surface area (Å²) in [7, 11) is -2.01. The van der Waals surface area contributed by atoms with Gasteiger partial charge in [0.25, 0.3) is 0 Å². The van der Waals surface area contributed by atoms with Crippen molar-refractivity contribution >= 4 is 18.6 Å². The van der Waals surface area contributed by atoms with Gasteiger partial charge >= 0.3 is 19.3 Å². The fourth-order valence-electron chi connectivity index (χ4n) is 1.61. The molecule has 1 aromatic carbocycles. The molecule has 4 nitrogen and oxygen atoms in total. The molecule has 8 heteroatoms. The Hall–Kier alpha value is -1.54. The summed E-state index contributed by atoms with van der Waals surface area (Å²) in [6, 6.07) is 2.81. The molecule has 1 atom stereocenters. The zero-order valence-corrected chi connectivity index (χ0v) is 9.98. The predicted molar refractivity (Wildman–Crippen MR) is 61.8 cm³/mol. The molecular formula is C11H12BF3O4. The molecule has 104 valence electrons. The van der Waals surface area contributed by atoms with Crippen molar-refractivity contribution in [1.29, 1.82) is 0 Å². The normalized spacial score (nSPS) is 13.2. The maximum atomic E-state index is 12.8. The molecule has 1 unspecified atom stereocenters. The number of carbonyl (C=O) groups is 1. The van der Waals surface area contributed by atoms with E-state index in [1.54, 1.807) is 0 Å². The third-order valence-corrected chi connectivity index (χ3v) is 2.69. The summed E-state index contributed by atoms with van der Waals surface area (Å²) < 4.78 is 38.5. The maximum Gasteiger partial charge on any atom is 0.488 e. The molecule has 0 aliphatic rings. The minimum absolute atomic E-state index is 0.188. The second kappa shape index (κ2) is 5.62. The predicted octanol–water partition coefficient (Wildman–Crippen LogP) is 0.648. The van der Waals surface area contributed by atoms with E-state index in [4.69, 9.17) is 15.2 Å². The fraction of sp³-hybridized carbons (Fsp3) is 0.364. The highest BCUT2D eigenvalue weighted by molar-refractivity contribution is 6.58. The van der Waals surface area contributed by atoms with Crippen molar-refractivity contribution in [1.82, 2.24) is 0 Å². The lowest BCUT2D eigenvalue weighted by Gasteiger charge is -2.16. The van der Waals surface area contributed by atoms with E-state index in [9.17, 15) is 18.0 Å². The van der Waals surface area contributed by atoms with E-state index in [1.165, 1.54) is 6.92 Å². The Kier molecular flexibility index (Phi) is 4.59. The minimum Gasteiger partial charge on any atom is -0.481 e. The molecule has 1 rings (SSSR count). The minimum atomic E-state index is -4.68. The van der Waals surface area contributed by atoms with Crippen LogP contribution >= 0.6 is 0 Å². The Labute approximate surface area is 107 Å². The second-order valence-corrected chi connectivity index (χ2v) is 4.23. The molecular weight excluding hydrogens is 264 g/mol. The van der Waals surface area contributed by atoms with Gasteiger partial charge in [-0.2, -0.15) is 13.2 Å². The zero-order valence-electron chi connectivity index (χ0n) is 9.98. The van der Waals surface area contributed by atoms with Gasteiger partial charge in [0.05, 0.1) is 11.5 Å². The van der Waals surface area contributed by atoms with Crippen LogP contribution in [0.15, 0.2) is 18.2 Å². The van der Waals surface area contributed by atoms with Crippen molar-refractivity contribution in [3.63, 3.8) is 0 Å². The van der Waals surface area contributed by atoms with Crippen LogP contribution in [0.2, 0.25) is 0 Å². The largest absolute Gasteiger partial charge is 0.488 e. The van der Waals surface area contributed by atoms with Gasteiger partial charge in [0.1, 0.15) is 0 Å². The smallest absolute Gasteiger partial charge is 0.481 e. The quantitative estimate of drug-likeness (QED) is 0.705. The summed E-state index contributed by atoms with van der Waals surface area (Å²) in [5.41, 5.74) is -1.53. The lowest BCUT2D eigenvalue weighted by molar-refractivity contribution is -0.142. The van der Waals surface area contributed by atoms with Crippen molar-refractivity contribution in [2.75, 3.05) is 0 Å². The lowest BCUT2D eigenvalue weighted by atomic mass is 9.78. The first-order valence-corrected chi connectivity index (χ1v) is 5.42. The van der Waals surface area contributed by atoms with Gasteiger partial charge < -0.3 is 15.2 Å². The van der Waals surface area contributed by atoms with Crippen molar-refractivity contribution in [3.8, 4) is 0 Å². The van der Waals surface area contributed by atoms with E-state index in [2.05, 4.69) is 0 Å². The Morgan fingerprint density at radius 2 is 1.95 bits per heavy atom. The molecule has 0 aliphatic carbocycles. The van der Waals surface area contributed by atoms with E-state index in [0.29, 0.717) is 6.07 Å². The van der Waals surface area contributed by atoms with Crippen LogP contribution in [0.4, 0.5) is 13.2 Å². The molecule has 0 fully saturated rings. The van der Waals surface area contributed by atoms with Gasteiger partial charge in [-0.15, -0.1) is 0 Å². The SMILES string of the molecule is CC(Cc1ccc(B(O)O)cc1C(F)(F)F)C(=O)O. The molecule has 0 aromatic heterocycles. The highest BCUT2D eigenvalue weighted by Crippen LogP contribution is 2.32. The van der Waals surface area contributed by atoms with Crippen LogP contribution in [0.5, 0.6) is 0 Å². The van der Waals surface area contributed by atoms with Gasteiger partial charge in [0, 0.05) is 0 Å². The van der Waals surface area contributed by atoms with Gasteiger partial charge in [-0.25, -0.2) is 0 Å². The Bertz CT molecular complexity index is 473. The van der Waals surface area contributed by atoms with Crippen molar-refractivity contribution in [2.45, 2.75) is 19.5 Å². The van der Waals surface area contributed by atoms with Crippen molar-refractivity contribution in [2.24, 2.45) is 5.92 Å². The first-order valence-electron chi connectivity index (χ1n) is 5.42. The topological polar surface area (TPSA) is 77.8 Å². The highest BCUT2D eigenvalue weighted by atomic mass is 19.4. The van der Waals surface area contributed by atoms with Crippen molar-refractivity contribution < 1.29 is 33.1 Å². The van der Waals surface area contributed by atoms with Crippen LogP contribution in [0.25, 0.3) is 0 Å². The molecule has 0 bridgehead atoms. The van der Waals surface area contributed by atoms with Crippen LogP contribution in [0, 0.1) is 5.92 Å². The number of halogens is 3. The number of carboxylic acid groups (broad SMARTS) is 1. The number of hydrogen-bond donors (Lipinski definition) is 3. The first-order chi connectivity index (χ1) is 8.62. The van der Waals surface area contributed by atoms with E-state index in [-0.39, 0.29) is 17.4 Å². The molecule has 19 heavy (non-hydrogen) atoms. The summed E-state index contributed by atoms with van der Waals surface area (Å²) in [6.45, 7) is 1.30. The Morgan fingerprint density at radius 1 is 1.37 bits per heavy atom. The lowest BCUT2D eigenvalue weighted by Crippen LogP contribution is -2.31. The molecule has 3 N–H and O–H groups in total. The Balaban J connectivity index is 3.20. The average molecular weight is 276 g/mol. The third kappa shape index (κ3) is 3.97. The van der Waals surface area contributed by atoms with E-state index in [1.807, 2.05) is 0 Å². The number of hydrogen-bond acceptors (Lipinski definition) is 3. The number of carboxylic acids is 1. The maximum absolute atomic E-state index is 12.8. The summed E-state index contributed by atoms with van der Waals surface area (Å²) in [5, 5.41) is 26.5. The van der Waals surface area contributed by atoms with E-state index in [0.717, 1.165) is 12.1 Å². The number of aliphatic carboxylic acids is 1. The summed E-state index contributed by atoms with van der Waals surface area (Å²) in [4.78, 5) is 10.7. The number of benzene rings is 1. The summed E-state index contributed by atoms with van der Waals surface area (Å²) in [6.07, 6.45) is -4.97. The molecule has 0 spiro atoms. The second-order valence-electron chi connectivity index (χ2n) is 4.23. The standard InChI is InChI=1S/C11H12BF3O4/c1-6(10(16)17)4-7-2-3-8(12(18)19)5-9(7)11(13,14)15/h2-3,5-6,18-19H,4H2,1H3,(H,16,17). The molecule has 0 aliphatic heterocycles. The van der Waals surface area contributed by atoms with Crippen LogP contribution in [-0.4, -0.2) is 28.2 Å². The van der Waals surface area contributed by atoms with Crippen LogP contribution < -0.4 is 5.46 Å². The molecule has 0 radical (unpaired) electrons. The zero-order chi connectivity index (χ0) is 14.8. The third-order valence-electron chi connectivity index (χ3n) is 2.69. The number of alkyl halides is 3. The summed E-state index contributed by atoms with van der Waals surface area (Å²) >= 11 is 0. The van der Waals surface area contributed by atoms with Crippen molar-refractivity contribution in [3.05, 3.63) is 29.3 Å². The number of rotatable bonds is 4. The van der Waals surface area contributed by atoms with Gasteiger partial charge in [-0.3, -0.25) is 4.79 Å². The summed E-state index contributed by atoms with van der Waals surface area (Å²) in [5.74, 6) is -2.16. The fourth-order valence-corrected chi connectivity index (χ4v) is 1.61. The molecule has 0 saturated carbocycles. The van der Waals surface area contributed by atoms with Crippen LogP contribution in [0.1, 0.15) is 18.1 Å². The van der Waals surface area contributed by atoms with Gasteiger partial charge in [0.15, 0.2) is 0 Å². The van der Waals surface area contributed by atoms with Crippen LogP contribution in [-0.2, 0) is 17.4 Å². The van der Waals surface area contributed by atoms with Gasteiger partial charge in [-0.05, 0) is 23.5 Å². The first kappa shape index (κ1) is 15.5. The molecule has 0 heterocycles. The van der Waals surface area contributed by atoms with E-state index < -0.39 is 30.7 Å². The van der Waals surface area contributed by atoms with Crippen LogP contribution in [0.3, 0.4) is 0 Å². The van der Waals surface area contributed by atoms with Gasteiger partial charge in [0.2, 0.25) is 0 Å². The molecule has 0 amide bonds. The monoisotopic (exact) mass is 276 g/mol. The highest BCUT2D eigenvalue weighted by Gasteiger charge is 2.35. The average Bonchev–Trinajstić information content (AvgIpc) is 2.27. The van der Waals surface area contributed by atoms with Gasteiger partial charge in [-0.1, -0.05) is 19.1 Å². The Morgan fingerprint density at radius 3 is 2.37 bits per heavy atom.